The Labute approximate surface area is 163 Å². The normalized spacial score (nSPS) is 18.2. The molecule has 0 amide bonds. The lowest BCUT2D eigenvalue weighted by molar-refractivity contribution is 0.0338. The Kier molecular flexibility index (Phi) is 5.07. The highest BCUT2D eigenvalue weighted by atomic mass is 16.5. The second-order valence-corrected chi connectivity index (χ2v) is 7.00. The minimum atomic E-state index is -0.299. The van der Waals surface area contributed by atoms with E-state index in [2.05, 4.69) is 4.90 Å². The monoisotopic (exact) mass is 381 g/mol. The molecule has 146 valence electrons. The average Bonchev–Trinajstić information content (AvgIpc) is 3.01. The molecule has 6 nitrogen and oxygen atoms in total. The highest BCUT2D eigenvalue weighted by Crippen LogP contribution is 2.42. The molecule has 1 saturated heterocycles. The lowest BCUT2D eigenvalue weighted by atomic mass is 9.99. The van der Waals surface area contributed by atoms with E-state index in [1.54, 1.807) is 13.2 Å². The predicted octanol–water partition coefficient (Wildman–Crippen LogP) is 3.16. The van der Waals surface area contributed by atoms with Crippen molar-refractivity contribution in [1.82, 2.24) is 4.90 Å². The van der Waals surface area contributed by atoms with Crippen LogP contribution in [0.5, 0.6) is 17.2 Å². The maximum absolute atomic E-state index is 12.9. The third kappa shape index (κ3) is 3.48. The fourth-order valence-electron chi connectivity index (χ4n) is 3.53. The number of aromatic hydroxyl groups is 1. The predicted molar refractivity (Wildman–Crippen MR) is 105 cm³/mol. The van der Waals surface area contributed by atoms with Crippen LogP contribution in [0.25, 0.3) is 6.08 Å². The van der Waals surface area contributed by atoms with Crippen molar-refractivity contribution in [1.29, 1.82) is 0 Å². The molecule has 0 spiro atoms. The lowest BCUT2D eigenvalue weighted by Crippen LogP contribution is -2.35. The van der Waals surface area contributed by atoms with E-state index in [4.69, 9.17) is 14.2 Å². The SMILES string of the molecule is COc1ccc(C=C2Oc3cc(C)c(CN4CCOCC4)c(O)c3C2=O)cc1. The van der Waals surface area contributed by atoms with Crippen molar-refractivity contribution >= 4 is 11.9 Å². The van der Waals surface area contributed by atoms with Gasteiger partial charge in [-0.15, -0.1) is 0 Å². The summed E-state index contributed by atoms with van der Waals surface area (Å²) in [5, 5.41) is 10.8. The third-order valence-electron chi connectivity index (χ3n) is 5.16. The first kappa shape index (κ1) is 18.5. The molecule has 0 aromatic heterocycles. The number of phenols is 1. The lowest BCUT2D eigenvalue weighted by Gasteiger charge is -2.27. The van der Waals surface area contributed by atoms with Gasteiger partial charge in [-0.1, -0.05) is 12.1 Å². The molecule has 0 aliphatic carbocycles. The van der Waals surface area contributed by atoms with Gasteiger partial charge in [-0.05, 0) is 42.3 Å². The zero-order valence-electron chi connectivity index (χ0n) is 16.0. The first-order valence-electron chi connectivity index (χ1n) is 9.30. The standard InChI is InChI=1S/C22H23NO5/c1-14-11-18-20(21(24)17(14)13-23-7-9-27-10-8-23)22(25)19(28-18)12-15-3-5-16(26-2)6-4-15/h3-6,11-12,24H,7-10,13H2,1-2H3. The van der Waals surface area contributed by atoms with Gasteiger partial charge in [0.1, 0.15) is 22.8 Å². The highest BCUT2D eigenvalue weighted by molar-refractivity contribution is 6.16. The number of aryl methyl sites for hydroxylation is 1. The number of ether oxygens (including phenoxy) is 3. The second-order valence-electron chi connectivity index (χ2n) is 7.00. The van der Waals surface area contributed by atoms with Gasteiger partial charge in [0.05, 0.1) is 20.3 Å². The third-order valence-corrected chi connectivity index (χ3v) is 5.16. The summed E-state index contributed by atoms with van der Waals surface area (Å²) in [4.78, 5) is 15.1. The van der Waals surface area contributed by atoms with Gasteiger partial charge < -0.3 is 19.3 Å². The molecule has 28 heavy (non-hydrogen) atoms. The minimum absolute atomic E-state index is 0.0182. The minimum Gasteiger partial charge on any atom is -0.507 e. The van der Waals surface area contributed by atoms with E-state index in [9.17, 15) is 9.90 Å². The van der Waals surface area contributed by atoms with Gasteiger partial charge in [-0.3, -0.25) is 9.69 Å². The zero-order chi connectivity index (χ0) is 19.7. The fraction of sp³-hybridized carbons (Fsp3) is 0.318. The van der Waals surface area contributed by atoms with Gasteiger partial charge in [0.15, 0.2) is 5.76 Å². The Morgan fingerprint density at radius 2 is 1.93 bits per heavy atom. The number of hydrogen-bond donors (Lipinski definition) is 1. The number of allylic oxidation sites excluding steroid dienone is 1. The van der Waals surface area contributed by atoms with Gasteiger partial charge in [-0.2, -0.15) is 0 Å². The van der Waals surface area contributed by atoms with Crippen LogP contribution in [-0.2, 0) is 11.3 Å². The summed E-state index contributed by atoms with van der Waals surface area (Å²) >= 11 is 0. The van der Waals surface area contributed by atoms with E-state index in [-0.39, 0.29) is 22.9 Å². The van der Waals surface area contributed by atoms with E-state index in [1.165, 1.54) is 0 Å². The van der Waals surface area contributed by atoms with Gasteiger partial charge in [0.25, 0.3) is 0 Å². The number of Topliss-reactive ketones (excluding diaryl/α,β-unsaturated/α-hetero) is 1. The summed E-state index contributed by atoms with van der Waals surface area (Å²) in [6, 6.07) is 9.17. The molecule has 0 unspecified atom stereocenters. The molecule has 0 atom stereocenters. The van der Waals surface area contributed by atoms with Gasteiger partial charge in [0, 0.05) is 25.2 Å². The summed E-state index contributed by atoms with van der Waals surface area (Å²) in [6.07, 6.45) is 1.68. The molecule has 2 heterocycles. The number of carbonyl (C=O) groups is 1. The number of benzene rings is 2. The number of phenolic OH excluding ortho intramolecular Hbond substituents is 1. The molecule has 2 aromatic carbocycles. The number of ketones is 1. The molecule has 2 aromatic rings. The van der Waals surface area contributed by atoms with Crippen molar-refractivity contribution in [3.63, 3.8) is 0 Å². The van der Waals surface area contributed by atoms with E-state index in [0.717, 1.165) is 35.5 Å². The topological polar surface area (TPSA) is 68.2 Å². The van der Waals surface area contributed by atoms with Gasteiger partial charge in [-0.25, -0.2) is 0 Å². The molecule has 2 aliphatic rings. The highest BCUT2D eigenvalue weighted by Gasteiger charge is 2.33. The number of rotatable bonds is 4. The van der Waals surface area contributed by atoms with Crippen LogP contribution >= 0.6 is 0 Å². The van der Waals surface area contributed by atoms with Crippen LogP contribution in [0.1, 0.15) is 27.0 Å². The summed E-state index contributed by atoms with van der Waals surface area (Å²) in [5.41, 5.74) is 2.74. The van der Waals surface area contributed by atoms with Crippen LogP contribution in [-0.4, -0.2) is 49.2 Å². The molecule has 0 bridgehead atoms. The average molecular weight is 381 g/mol. The number of carbonyl (C=O) groups excluding carboxylic acids is 1. The zero-order valence-corrected chi connectivity index (χ0v) is 16.0. The van der Waals surface area contributed by atoms with Gasteiger partial charge in [0.2, 0.25) is 5.78 Å². The summed E-state index contributed by atoms with van der Waals surface area (Å²) in [6.45, 7) is 5.49. The van der Waals surface area contributed by atoms with Crippen molar-refractivity contribution in [2.45, 2.75) is 13.5 Å². The quantitative estimate of drug-likeness (QED) is 0.821. The van der Waals surface area contributed by atoms with E-state index < -0.39 is 0 Å². The van der Waals surface area contributed by atoms with Crippen LogP contribution < -0.4 is 9.47 Å². The largest absolute Gasteiger partial charge is 0.507 e. The van der Waals surface area contributed by atoms with Crippen LogP contribution in [0.2, 0.25) is 0 Å². The van der Waals surface area contributed by atoms with Crippen molar-refractivity contribution in [3.8, 4) is 17.2 Å². The number of nitrogens with zero attached hydrogens (tertiary/aromatic N) is 1. The summed E-state index contributed by atoms with van der Waals surface area (Å²) in [5.74, 6) is 1.07. The van der Waals surface area contributed by atoms with E-state index in [1.807, 2.05) is 37.3 Å². The Bertz CT molecular complexity index is 927. The van der Waals surface area contributed by atoms with Crippen LogP contribution in [0.3, 0.4) is 0 Å². The molecule has 0 saturated carbocycles. The van der Waals surface area contributed by atoms with Crippen molar-refractivity contribution in [2.75, 3.05) is 33.4 Å². The number of morpholine rings is 1. The van der Waals surface area contributed by atoms with Gasteiger partial charge >= 0.3 is 0 Å². The molecule has 1 N–H and O–H groups in total. The molecule has 2 aliphatic heterocycles. The number of methoxy groups -OCH3 is 1. The van der Waals surface area contributed by atoms with Crippen molar-refractivity contribution in [3.05, 3.63) is 58.3 Å². The summed E-state index contributed by atoms with van der Waals surface area (Å²) in [7, 11) is 1.60. The van der Waals surface area contributed by atoms with E-state index >= 15 is 0 Å². The first-order chi connectivity index (χ1) is 13.6. The van der Waals surface area contributed by atoms with Crippen molar-refractivity contribution in [2.24, 2.45) is 0 Å². The fourth-order valence-corrected chi connectivity index (χ4v) is 3.53. The Morgan fingerprint density at radius 1 is 1.21 bits per heavy atom. The molecular weight excluding hydrogens is 358 g/mol. The van der Waals surface area contributed by atoms with Crippen LogP contribution in [0.4, 0.5) is 0 Å². The molecule has 0 radical (unpaired) electrons. The number of fused-ring (bicyclic) bond motifs is 1. The molecule has 1 fully saturated rings. The maximum atomic E-state index is 12.9. The molecular formula is C22H23NO5. The molecule has 4 rings (SSSR count). The maximum Gasteiger partial charge on any atom is 0.235 e. The Balaban J connectivity index is 1.62. The molecule has 6 heteroatoms. The number of hydrogen-bond acceptors (Lipinski definition) is 6. The van der Waals surface area contributed by atoms with E-state index in [0.29, 0.717) is 25.5 Å². The van der Waals surface area contributed by atoms with Crippen LogP contribution in [0.15, 0.2) is 36.1 Å². The smallest absolute Gasteiger partial charge is 0.235 e. The summed E-state index contributed by atoms with van der Waals surface area (Å²) < 4.78 is 16.3. The van der Waals surface area contributed by atoms with Crippen LogP contribution in [0, 0.1) is 6.92 Å². The Hall–Kier alpha value is -2.83. The Morgan fingerprint density at radius 3 is 2.61 bits per heavy atom. The second kappa shape index (κ2) is 7.66. The van der Waals surface area contributed by atoms with Crippen molar-refractivity contribution < 1.29 is 24.1 Å². The first-order valence-corrected chi connectivity index (χ1v) is 9.30.